The number of hydrogen-bond acceptors (Lipinski definition) is 5. The van der Waals surface area contributed by atoms with Gasteiger partial charge in [0.25, 0.3) is 5.89 Å². The van der Waals surface area contributed by atoms with Crippen LogP contribution in [0.2, 0.25) is 0 Å². The summed E-state index contributed by atoms with van der Waals surface area (Å²) >= 11 is 0. The number of methoxy groups -OCH3 is 1. The SMILES string of the molecule is COc1ccccc1-c1nc(-c2cccnc2)no1. The van der Waals surface area contributed by atoms with E-state index in [1.807, 2.05) is 36.4 Å². The highest BCUT2D eigenvalue weighted by molar-refractivity contribution is 5.64. The van der Waals surface area contributed by atoms with Crippen LogP contribution in [0.5, 0.6) is 5.75 Å². The summed E-state index contributed by atoms with van der Waals surface area (Å²) in [6.07, 6.45) is 3.39. The van der Waals surface area contributed by atoms with Gasteiger partial charge in [-0.3, -0.25) is 4.98 Å². The molecule has 2 aromatic heterocycles. The maximum Gasteiger partial charge on any atom is 0.262 e. The molecular formula is C14H11N3O2. The van der Waals surface area contributed by atoms with Crippen LogP contribution in [0.25, 0.3) is 22.8 Å². The van der Waals surface area contributed by atoms with E-state index in [9.17, 15) is 0 Å². The summed E-state index contributed by atoms with van der Waals surface area (Å²) in [5.74, 6) is 1.63. The Morgan fingerprint density at radius 2 is 2.00 bits per heavy atom. The molecule has 0 unspecified atom stereocenters. The van der Waals surface area contributed by atoms with Crippen molar-refractivity contribution in [1.82, 2.24) is 15.1 Å². The molecule has 5 heteroatoms. The smallest absolute Gasteiger partial charge is 0.262 e. The maximum atomic E-state index is 5.28. The number of aromatic nitrogens is 3. The molecule has 0 N–H and O–H groups in total. The Morgan fingerprint density at radius 1 is 1.11 bits per heavy atom. The highest BCUT2D eigenvalue weighted by Crippen LogP contribution is 2.29. The molecule has 94 valence electrons. The number of rotatable bonds is 3. The molecule has 19 heavy (non-hydrogen) atoms. The average Bonchev–Trinajstić information content (AvgIpc) is 2.98. The number of hydrogen-bond donors (Lipinski definition) is 0. The van der Waals surface area contributed by atoms with E-state index in [0.717, 1.165) is 11.1 Å². The van der Waals surface area contributed by atoms with Crippen LogP contribution in [0.4, 0.5) is 0 Å². The molecule has 0 aliphatic carbocycles. The van der Waals surface area contributed by atoms with Gasteiger partial charge in [0.15, 0.2) is 0 Å². The summed E-state index contributed by atoms with van der Waals surface area (Å²) in [5, 5.41) is 3.96. The molecular weight excluding hydrogens is 242 g/mol. The van der Waals surface area contributed by atoms with E-state index in [-0.39, 0.29) is 0 Å². The number of nitrogens with zero attached hydrogens (tertiary/aromatic N) is 3. The van der Waals surface area contributed by atoms with Crippen LogP contribution in [0.1, 0.15) is 0 Å². The van der Waals surface area contributed by atoms with E-state index in [0.29, 0.717) is 17.5 Å². The standard InChI is InChI=1S/C14H11N3O2/c1-18-12-7-3-2-6-11(12)14-16-13(17-19-14)10-5-4-8-15-9-10/h2-9H,1H3. The van der Waals surface area contributed by atoms with Crippen molar-refractivity contribution in [2.75, 3.05) is 7.11 Å². The van der Waals surface area contributed by atoms with Crippen molar-refractivity contribution < 1.29 is 9.26 Å². The van der Waals surface area contributed by atoms with Crippen molar-refractivity contribution in [2.45, 2.75) is 0 Å². The lowest BCUT2D eigenvalue weighted by Crippen LogP contribution is -1.87. The zero-order chi connectivity index (χ0) is 13.1. The molecule has 0 saturated carbocycles. The minimum Gasteiger partial charge on any atom is -0.496 e. The maximum absolute atomic E-state index is 5.28. The molecule has 0 aliphatic rings. The van der Waals surface area contributed by atoms with Crippen molar-refractivity contribution in [1.29, 1.82) is 0 Å². The zero-order valence-electron chi connectivity index (χ0n) is 10.3. The second-order valence-electron chi connectivity index (χ2n) is 3.87. The largest absolute Gasteiger partial charge is 0.496 e. The molecule has 0 bridgehead atoms. The predicted molar refractivity (Wildman–Crippen MR) is 69.5 cm³/mol. The van der Waals surface area contributed by atoms with Gasteiger partial charge >= 0.3 is 0 Å². The quantitative estimate of drug-likeness (QED) is 0.718. The minimum absolute atomic E-state index is 0.427. The van der Waals surface area contributed by atoms with E-state index >= 15 is 0 Å². The first-order valence-electron chi connectivity index (χ1n) is 5.76. The molecule has 0 aliphatic heterocycles. The fourth-order valence-corrected chi connectivity index (χ4v) is 1.77. The molecule has 0 radical (unpaired) electrons. The molecule has 0 spiro atoms. The second-order valence-corrected chi connectivity index (χ2v) is 3.87. The second kappa shape index (κ2) is 4.89. The van der Waals surface area contributed by atoms with Crippen molar-refractivity contribution in [3.63, 3.8) is 0 Å². The monoisotopic (exact) mass is 253 g/mol. The fraction of sp³-hybridized carbons (Fsp3) is 0.0714. The highest BCUT2D eigenvalue weighted by Gasteiger charge is 2.13. The molecule has 0 saturated heterocycles. The molecule has 0 atom stereocenters. The van der Waals surface area contributed by atoms with E-state index in [4.69, 9.17) is 9.26 Å². The van der Waals surface area contributed by atoms with Crippen molar-refractivity contribution in [2.24, 2.45) is 0 Å². The lowest BCUT2D eigenvalue weighted by molar-refractivity contribution is 0.405. The Kier molecular flexibility index (Phi) is 2.94. The molecule has 3 rings (SSSR count). The lowest BCUT2D eigenvalue weighted by atomic mass is 10.2. The number of pyridine rings is 1. The summed E-state index contributed by atoms with van der Waals surface area (Å²) in [6.45, 7) is 0. The first-order chi connectivity index (χ1) is 9.38. The van der Waals surface area contributed by atoms with Gasteiger partial charge in [0.05, 0.1) is 12.7 Å². The van der Waals surface area contributed by atoms with Crippen molar-refractivity contribution in [3.05, 3.63) is 48.8 Å². The van der Waals surface area contributed by atoms with Gasteiger partial charge in [-0.15, -0.1) is 0 Å². The summed E-state index contributed by atoms with van der Waals surface area (Å²) < 4.78 is 10.6. The van der Waals surface area contributed by atoms with E-state index in [1.165, 1.54) is 0 Å². The molecule has 0 fully saturated rings. The summed E-state index contributed by atoms with van der Waals surface area (Å²) in [5.41, 5.74) is 1.58. The number of ether oxygens (including phenoxy) is 1. The van der Waals surface area contributed by atoms with Gasteiger partial charge in [-0.2, -0.15) is 4.98 Å². The van der Waals surface area contributed by atoms with Crippen LogP contribution in [0.3, 0.4) is 0 Å². The number of benzene rings is 1. The van der Waals surface area contributed by atoms with Gasteiger partial charge < -0.3 is 9.26 Å². The zero-order valence-corrected chi connectivity index (χ0v) is 10.3. The first-order valence-corrected chi connectivity index (χ1v) is 5.76. The van der Waals surface area contributed by atoms with E-state index in [2.05, 4.69) is 15.1 Å². The summed E-state index contributed by atoms with van der Waals surface area (Å²) in [6, 6.07) is 11.2. The molecule has 0 amide bonds. The molecule has 3 aromatic rings. The average molecular weight is 253 g/mol. The van der Waals surface area contributed by atoms with Gasteiger partial charge in [-0.05, 0) is 24.3 Å². The third kappa shape index (κ3) is 2.18. The van der Waals surface area contributed by atoms with E-state index < -0.39 is 0 Å². The van der Waals surface area contributed by atoms with Gasteiger partial charge in [0, 0.05) is 18.0 Å². The summed E-state index contributed by atoms with van der Waals surface area (Å²) in [4.78, 5) is 8.39. The molecule has 2 heterocycles. The van der Waals surface area contributed by atoms with Gasteiger partial charge in [-0.25, -0.2) is 0 Å². The topological polar surface area (TPSA) is 61.0 Å². The van der Waals surface area contributed by atoms with Crippen LogP contribution in [0.15, 0.2) is 53.3 Å². The Labute approximate surface area is 109 Å². The Bertz CT molecular complexity index is 680. The van der Waals surface area contributed by atoms with Gasteiger partial charge in [0.1, 0.15) is 5.75 Å². The van der Waals surface area contributed by atoms with Crippen LogP contribution in [0, 0.1) is 0 Å². The molecule has 1 aromatic carbocycles. The Morgan fingerprint density at radius 3 is 2.79 bits per heavy atom. The van der Waals surface area contributed by atoms with Gasteiger partial charge in [-0.1, -0.05) is 17.3 Å². The molecule has 5 nitrogen and oxygen atoms in total. The highest BCUT2D eigenvalue weighted by atomic mass is 16.5. The van der Waals surface area contributed by atoms with Crippen LogP contribution in [-0.2, 0) is 0 Å². The Balaban J connectivity index is 2.02. The van der Waals surface area contributed by atoms with Crippen LogP contribution >= 0.6 is 0 Å². The first kappa shape index (κ1) is 11.4. The van der Waals surface area contributed by atoms with Crippen LogP contribution in [-0.4, -0.2) is 22.2 Å². The van der Waals surface area contributed by atoms with Crippen molar-refractivity contribution >= 4 is 0 Å². The number of para-hydroxylation sites is 1. The normalized spacial score (nSPS) is 10.4. The Hall–Kier alpha value is -2.69. The summed E-state index contributed by atoms with van der Waals surface area (Å²) in [7, 11) is 1.61. The third-order valence-corrected chi connectivity index (χ3v) is 2.68. The van der Waals surface area contributed by atoms with Gasteiger partial charge in [0.2, 0.25) is 5.82 Å². The fourth-order valence-electron chi connectivity index (χ4n) is 1.77. The van der Waals surface area contributed by atoms with Crippen molar-refractivity contribution in [3.8, 4) is 28.6 Å². The lowest BCUT2D eigenvalue weighted by Gasteiger charge is -2.02. The van der Waals surface area contributed by atoms with Crippen LogP contribution < -0.4 is 4.74 Å². The predicted octanol–water partition coefficient (Wildman–Crippen LogP) is 2.81. The third-order valence-electron chi connectivity index (χ3n) is 2.68. The van der Waals surface area contributed by atoms with E-state index in [1.54, 1.807) is 19.5 Å². The minimum atomic E-state index is 0.427.